The molecule has 0 bridgehead atoms. The molecule has 0 unspecified atom stereocenters. The fourth-order valence-corrected chi connectivity index (χ4v) is 2.56. The highest BCUT2D eigenvalue weighted by Crippen LogP contribution is 2.33. The number of halogens is 5. The second-order valence-electron chi connectivity index (χ2n) is 3.52. The summed E-state index contributed by atoms with van der Waals surface area (Å²) in [6, 6.07) is 0. The van der Waals surface area contributed by atoms with Crippen molar-refractivity contribution < 1.29 is 27.4 Å². The Morgan fingerprint density at radius 1 is 1.50 bits per heavy atom. The maximum atomic E-state index is 12.4. The van der Waals surface area contributed by atoms with E-state index in [9.17, 15) is 18.0 Å². The lowest BCUT2D eigenvalue weighted by atomic mass is 10.1. The minimum absolute atomic E-state index is 0.0804. The van der Waals surface area contributed by atoms with E-state index in [-0.39, 0.29) is 38.9 Å². The van der Waals surface area contributed by atoms with Gasteiger partial charge in [0.15, 0.2) is 0 Å². The lowest BCUT2D eigenvalue weighted by Gasteiger charge is -2.16. The fraction of sp³-hybridized carbons (Fsp3) is 0.455. The van der Waals surface area contributed by atoms with Gasteiger partial charge in [-0.3, -0.25) is 9.78 Å². The standard InChI is InChI=1S/C11H10BrF3INO3/c1-2-19-9(18)3-8-6(4-12)10(7(16)5-17-8)20-11(13,14)15/h5H,2-4H2,1H3. The molecule has 0 fully saturated rings. The van der Waals surface area contributed by atoms with Gasteiger partial charge in [-0.1, -0.05) is 15.9 Å². The monoisotopic (exact) mass is 467 g/mol. The molecule has 112 valence electrons. The Hall–Kier alpha value is -0.580. The highest BCUT2D eigenvalue weighted by Gasteiger charge is 2.34. The topological polar surface area (TPSA) is 48.4 Å². The highest BCUT2D eigenvalue weighted by molar-refractivity contribution is 14.1. The summed E-state index contributed by atoms with van der Waals surface area (Å²) in [6.07, 6.45) is -3.79. The number of pyridine rings is 1. The van der Waals surface area contributed by atoms with Crippen LogP contribution in [0.25, 0.3) is 0 Å². The van der Waals surface area contributed by atoms with Crippen molar-refractivity contribution >= 4 is 44.5 Å². The zero-order valence-electron chi connectivity index (χ0n) is 10.3. The lowest BCUT2D eigenvalue weighted by Crippen LogP contribution is -2.20. The molecule has 1 aromatic heterocycles. The van der Waals surface area contributed by atoms with E-state index in [1.807, 2.05) is 0 Å². The molecular weight excluding hydrogens is 458 g/mol. The van der Waals surface area contributed by atoms with E-state index < -0.39 is 12.3 Å². The molecule has 0 radical (unpaired) electrons. The SMILES string of the molecule is CCOC(=O)Cc1ncc(I)c(OC(F)(F)F)c1CBr. The predicted octanol–water partition coefficient (Wildman–Crippen LogP) is 3.59. The van der Waals surface area contributed by atoms with E-state index in [2.05, 4.69) is 25.7 Å². The van der Waals surface area contributed by atoms with Crippen LogP contribution in [0.4, 0.5) is 13.2 Å². The molecule has 20 heavy (non-hydrogen) atoms. The lowest BCUT2D eigenvalue weighted by molar-refractivity contribution is -0.275. The summed E-state index contributed by atoms with van der Waals surface area (Å²) >= 11 is 4.78. The van der Waals surface area contributed by atoms with Crippen LogP contribution in [-0.2, 0) is 21.3 Å². The Morgan fingerprint density at radius 2 is 2.15 bits per heavy atom. The summed E-state index contributed by atoms with van der Waals surface area (Å²) < 4.78 is 46.2. The van der Waals surface area contributed by atoms with Crippen molar-refractivity contribution in [1.29, 1.82) is 0 Å². The van der Waals surface area contributed by atoms with Gasteiger partial charge in [-0.2, -0.15) is 0 Å². The molecular formula is C11H10BrF3INO3. The summed E-state index contributed by atoms with van der Waals surface area (Å²) in [7, 11) is 0. The van der Waals surface area contributed by atoms with Gasteiger partial charge >= 0.3 is 12.3 Å². The predicted molar refractivity (Wildman–Crippen MR) is 76.6 cm³/mol. The van der Waals surface area contributed by atoms with Crippen LogP contribution in [0.5, 0.6) is 5.75 Å². The second kappa shape index (κ2) is 7.43. The van der Waals surface area contributed by atoms with Crippen molar-refractivity contribution in [2.24, 2.45) is 0 Å². The molecule has 0 aliphatic rings. The van der Waals surface area contributed by atoms with E-state index in [4.69, 9.17) is 4.74 Å². The van der Waals surface area contributed by atoms with Crippen molar-refractivity contribution in [2.75, 3.05) is 6.61 Å². The van der Waals surface area contributed by atoms with Gasteiger partial charge in [0.25, 0.3) is 0 Å². The minimum Gasteiger partial charge on any atom is -0.466 e. The van der Waals surface area contributed by atoms with Crippen molar-refractivity contribution in [3.8, 4) is 5.75 Å². The third-order valence-corrected chi connectivity index (χ3v) is 3.47. The normalized spacial score (nSPS) is 11.3. The van der Waals surface area contributed by atoms with Gasteiger partial charge in [0.2, 0.25) is 0 Å². The first kappa shape index (κ1) is 17.5. The molecule has 0 aliphatic carbocycles. The first-order valence-electron chi connectivity index (χ1n) is 5.42. The molecule has 0 amide bonds. The van der Waals surface area contributed by atoms with Gasteiger partial charge in [-0.15, -0.1) is 13.2 Å². The third-order valence-electron chi connectivity index (χ3n) is 2.14. The zero-order valence-corrected chi connectivity index (χ0v) is 14.0. The Bertz CT molecular complexity index is 497. The van der Waals surface area contributed by atoms with Crippen molar-refractivity contribution in [3.05, 3.63) is 21.0 Å². The number of carbonyl (C=O) groups excluding carboxylic acids is 1. The average molecular weight is 468 g/mol. The number of esters is 1. The molecule has 0 aromatic carbocycles. The van der Waals surface area contributed by atoms with Gasteiger partial charge in [0, 0.05) is 17.1 Å². The van der Waals surface area contributed by atoms with E-state index in [1.54, 1.807) is 29.5 Å². The van der Waals surface area contributed by atoms with Crippen molar-refractivity contribution in [2.45, 2.75) is 25.0 Å². The summed E-state index contributed by atoms with van der Waals surface area (Å²) in [6.45, 7) is 1.83. The van der Waals surface area contributed by atoms with Crippen LogP contribution >= 0.6 is 38.5 Å². The molecule has 0 aliphatic heterocycles. The Labute approximate surface area is 135 Å². The van der Waals surface area contributed by atoms with E-state index in [1.165, 1.54) is 6.20 Å². The Kier molecular flexibility index (Phi) is 6.49. The smallest absolute Gasteiger partial charge is 0.466 e. The molecule has 1 heterocycles. The third kappa shape index (κ3) is 5.08. The summed E-state index contributed by atoms with van der Waals surface area (Å²) in [5, 5.41) is 0.0804. The van der Waals surface area contributed by atoms with Crippen molar-refractivity contribution in [3.63, 3.8) is 0 Å². The van der Waals surface area contributed by atoms with Crippen LogP contribution in [0.2, 0.25) is 0 Å². The molecule has 0 atom stereocenters. The number of alkyl halides is 4. The van der Waals surface area contributed by atoms with Crippen LogP contribution in [0, 0.1) is 3.57 Å². The van der Waals surface area contributed by atoms with Gasteiger partial charge in [-0.25, -0.2) is 0 Å². The first-order chi connectivity index (χ1) is 9.28. The van der Waals surface area contributed by atoms with Crippen LogP contribution in [0.1, 0.15) is 18.2 Å². The van der Waals surface area contributed by atoms with Gasteiger partial charge in [0.05, 0.1) is 22.3 Å². The first-order valence-corrected chi connectivity index (χ1v) is 7.62. The number of rotatable bonds is 5. The number of ether oxygens (including phenoxy) is 2. The molecule has 0 N–H and O–H groups in total. The van der Waals surface area contributed by atoms with E-state index in [0.29, 0.717) is 0 Å². The zero-order chi connectivity index (χ0) is 15.3. The van der Waals surface area contributed by atoms with Gasteiger partial charge < -0.3 is 9.47 Å². The molecule has 1 rings (SSSR count). The molecule has 0 spiro atoms. The number of hydrogen-bond donors (Lipinski definition) is 0. The summed E-state index contributed by atoms with van der Waals surface area (Å²) in [4.78, 5) is 15.4. The van der Waals surface area contributed by atoms with Crippen LogP contribution in [-0.4, -0.2) is 23.9 Å². The number of hydrogen-bond acceptors (Lipinski definition) is 4. The van der Waals surface area contributed by atoms with Crippen molar-refractivity contribution in [1.82, 2.24) is 4.98 Å². The number of nitrogens with zero attached hydrogens (tertiary/aromatic N) is 1. The van der Waals surface area contributed by atoms with Crippen LogP contribution in [0.3, 0.4) is 0 Å². The molecule has 0 saturated heterocycles. The van der Waals surface area contributed by atoms with Gasteiger partial charge in [-0.05, 0) is 29.5 Å². The number of aromatic nitrogens is 1. The fourth-order valence-electron chi connectivity index (χ4n) is 1.41. The maximum absolute atomic E-state index is 12.4. The highest BCUT2D eigenvalue weighted by atomic mass is 127. The quantitative estimate of drug-likeness (QED) is 0.377. The molecule has 4 nitrogen and oxygen atoms in total. The molecule has 9 heteroatoms. The maximum Gasteiger partial charge on any atom is 0.573 e. The summed E-state index contributed by atoms with van der Waals surface area (Å²) in [5.74, 6) is -0.898. The molecule has 1 aromatic rings. The average Bonchev–Trinajstić information content (AvgIpc) is 2.32. The summed E-state index contributed by atoms with van der Waals surface area (Å²) in [5.41, 5.74) is 0.377. The van der Waals surface area contributed by atoms with Crippen LogP contribution < -0.4 is 4.74 Å². The van der Waals surface area contributed by atoms with Gasteiger partial charge in [0.1, 0.15) is 5.75 Å². The molecule has 0 saturated carbocycles. The largest absolute Gasteiger partial charge is 0.573 e. The Balaban J connectivity index is 3.14. The minimum atomic E-state index is -4.81. The number of carbonyl (C=O) groups is 1. The van der Waals surface area contributed by atoms with E-state index >= 15 is 0 Å². The Morgan fingerprint density at radius 3 is 2.65 bits per heavy atom. The van der Waals surface area contributed by atoms with Crippen LogP contribution in [0.15, 0.2) is 6.20 Å². The second-order valence-corrected chi connectivity index (χ2v) is 5.25. The van der Waals surface area contributed by atoms with E-state index in [0.717, 1.165) is 0 Å².